The number of hydrogen-bond acceptors (Lipinski definition) is 5. The van der Waals surface area contributed by atoms with Crippen LogP contribution < -0.4 is 4.74 Å². The summed E-state index contributed by atoms with van der Waals surface area (Å²) >= 11 is 4.74. The molecule has 0 saturated carbocycles. The van der Waals surface area contributed by atoms with Gasteiger partial charge in [0.25, 0.3) is 5.17 Å². The SMILES string of the molecule is COc1ccc(/C=C2/OC(=S)N(C=O)C2=O)cc1. The number of thiocarbonyl (C=S) groups is 1. The summed E-state index contributed by atoms with van der Waals surface area (Å²) in [5.74, 6) is 0.170. The van der Waals surface area contributed by atoms with Crippen LogP contribution in [0.4, 0.5) is 0 Å². The van der Waals surface area contributed by atoms with Crippen LogP contribution in [0.1, 0.15) is 5.56 Å². The van der Waals surface area contributed by atoms with Crippen LogP contribution >= 0.6 is 12.2 Å². The average molecular weight is 263 g/mol. The van der Waals surface area contributed by atoms with E-state index in [0.29, 0.717) is 12.2 Å². The van der Waals surface area contributed by atoms with Gasteiger partial charge < -0.3 is 9.47 Å². The molecule has 0 radical (unpaired) electrons. The minimum Gasteiger partial charge on any atom is -0.497 e. The van der Waals surface area contributed by atoms with Crippen molar-refractivity contribution in [3.05, 3.63) is 35.6 Å². The normalized spacial score (nSPS) is 16.9. The molecule has 6 heteroatoms. The molecule has 0 N–H and O–H groups in total. The van der Waals surface area contributed by atoms with Gasteiger partial charge in [0.1, 0.15) is 5.75 Å². The highest BCUT2D eigenvalue weighted by Gasteiger charge is 2.33. The molecule has 1 aromatic carbocycles. The van der Waals surface area contributed by atoms with Crippen LogP contribution in [0.5, 0.6) is 5.75 Å². The number of ether oxygens (including phenoxy) is 2. The second kappa shape index (κ2) is 4.97. The van der Waals surface area contributed by atoms with E-state index in [-0.39, 0.29) is 10.9 Å². The zero-order chi connectivity index (χ0) is 13.1. The summed E-state index contributed by atoms with van der Waals surface area (Å²) in [6.45, 7) is 0. The van der Waals surface area contributed by atoms with Crippen molar-refractivity contribution in [2.24, 2.45) is 0 Å². The van der Waals surface area contributed by atoms with E-state index in [4.69, 9.17) is 21.7 Å². The Labute approximate surface area is 109 Å². The molecule has 1 heterocycles. The lowest BCUT2D eigenvalue weighted by atomic mass is 10.2. The molecule has 1 fully saturated rings. The van der Waals surface area contributed by atoms with E-state index in [9.17, 15) is 9.59 Å². The van der Waals surface area contributed by atoms with Gasteiger partial charge in [-0.3, -0.25) is 9.59 Å². The number of amides is 2. The van der Waals surface area contributed by atoms with Gasteiger partial charge in [0.05, 0.1) is 7.11 Å². The summed E-state index contributed by atoms with van der Waals surface area (Å²) in [6, 6.07) is 7.02. The van der Waals surface area contributed by atoms with Crippen molar-refractivity contribution in [2.75, 3.05) is 7.11 Å². The van der Waals surface area contributed by atoms with Crippen LogP contribution in [0.15, 0.2) is 30.0 Å². The molecule has 5 nitrogen and oxygen atoms in total. The lowest BCUT2D eigenvalue weighted by Gasteiger charge is -1.99. The largest absolute Gasteiger partial charge is 0.497 e. The van der Waals surface area contributed by atoms with Gasteiger partial charge in [-0.25, -0.2) is 4.90 Å². The minimum atomic E-state index is -0.564. The zero-order valence-electron chi connectivity index (χ0n) is 9.45. The molecule has 0 spiro atoms. The lowest BCUT2D eigenvalue weighted by molar-refractivity contribution is -0.129. The van der Waals surface area contributed by atoms with Crippen molar-refractivity contribution in [3.63, 3.8) is 0 Å². The Kier molecular flexibility index (Phi) is 3.38. The van der Waals surface area contributed by atoms with Crippen molar-refractivity contribution in [3.8, 4) is 5.75 Å². The van der Waals surface area contributed by atoms with E-state index >= 15 is 0 Å². The predicted octanol–water partition coefficient (Wildman–Crippen LogP) is 1.34. The number of benzene rings is 1. The van der Waals surface area contributed by atoms with E-state index in [2.05, 4.69) is 0 Å². The second-order valence-corrected chi connectivity index (χ2v) is 3.78. The fraction of sp³-hybridized carbons (Fsp3) is 0.0833. The average Bonchev–Trinajstić information content (AvgIpc) is 2.65. The first-order valence-electron chi connectivity index (χ1n) is 5.02. The molecule has 0 bridgehead atoms. The van der Waals surface area contributed by atoms with Crippen molar-refractivity contribution >= 4 is 35.8 Å². The van der Waals surface area contributed by atoms with Crippen LogP contribution in [0.25, 0.3) is 6.08 Å². The first kappa shape index (κ1) is 12.3. The number of imide groups is 1. The van der Waals surface area contributed by atoms with Gasteiger partial charge in [-0.05, 0) is 36.0 Å². The van der Waals surface area contributed by atoms with Crippen molar-refractivity contribution in [2.45, 2.75) is 0 Å². The quantitative estimate of drug-likeness (QED) is 0.468. The van der Waals surface area contributed by atoms with Crippen LogP contribution in [0, 0.1) is 0 Å². The summed E-state index contributed by atoms with van der Waals surface area (Å²) in [7, 11) is 1.57. The summed E-state index contributed by atoms with van der Waals surface area (Å²) in [5, 5.41) is -0.158. The molecule has 1 aromatic rings. The van der Waals surface area contributed by atoms with Crippen LogP contribution in [0.2, 0.25) is 0 Å². The maximum atomic E-state index is 11.7. The highest BCUT2D eigenvalue weighted by molar-refractivity contribution is 7.80. The second-order valence-electron chi connectivity index (χ2n) is 3.43. The monoisotopic (exact) mass is 263 g/mol. The van der Waals surface area contributed by atoms with E-state index in [0.717, 1.165) is 10.5 Å². The molecule has 18 heavy (non-hydrogen) atoms. The lowest BCUT2D eigenvalue weighted by Crippen LogP contribution is -2.26. The van der Waals surface area contributed by atoms with Gasteiger partial charge in [-0.2, -0.15) is 0 Å². The number of nitrogens with zero attached hydrogens (tertiary/aromatic N) is 1. The van der Waals surface area contributed by atoms with E-state index < -0.39 is 5.91 Å². The number of hydrogen-bond donors (Lipinski definition) is 0. The fourth-order valence-electron chi connectivity index (χ4n) is 1.42. The summed E-state index contributed by atoms with van der Waals surface area (Å²) in [6.07, 6.45) is 1.84. The Morgan fingerprint density at radius 2 is 2.00 bits per heavy atom. The molecule has 2 amide bonds. The molecule has 0 atom stereocenters. The van der Waals surface area contributed by atoms with Crippen molar-refractivity contribution in [1.82, 2.24) is 4.90 Å². The first-order valence-corrected chi connectivity index (χ1v) is 5.43. The Bertz CT molecular complexity index is 536. The van der Waals surface area contributed by atoms with E-state index in [1.807, 2.05) is 0 Å². The molecule has 1 aliphatic heterocycles. The Balaban J connectivity index is 2.26. The molecular formula is C12H9NO4S. The number of carbonyl (C=O) groups is 2. The van der Waals surface area contributed by atoms with Gasteiger partial charge in [-0.15, -0.1) is 0 Å². The van der Waals surface area contributed by atoms with E-state index in [1.54, 1.807) is 31.4 Å². The molecule has 92 valence electrons. The third kappa shape index (κ3) is 2.23. The van der Waals surface area contributed by atoms with Crippen molar-refractivity contribution in [1.29, 1.82) is 0 Å². The smallest absolute Gasteiger partial charge is 0.303 e. The molecule has 1 aliphatic rings. The highest BCUT2D eigenvalue weighted by Crippen LogP contribution is 2.20. The third-order valence-electron chi connectivity index (χ3n) is 2.34. The van der Waals surface area contributed by atoms with Gasteiger partial charge >= 0.3 is 5.91 Å². The summed E-state index contributed by atoms with van der Waals surface area (Å²) in [4.78, 5) is 23.0. The Morgan fingerprint density at radius 3 is 2.50 bits per heavy atom. The molecule has 2 rings (SSSR count). The summed E-state index contributed by atoms with van der Waals surface area (Å²) in [5.41, 5.74) is 0.745. The number of methoxy groups -OCH3 is 1. The number of carbonyl (C=O) groups excluding carboxylic acids is 2. The molecule has 1 saturated heterocycles. The van der Waals surface area contributed by atoms with Gasteiger partial charge in [0, 0.05) is 0 Å². The minimum absolute atomic E-state index is 0.0252. The van der Waals surface area contributed by atoms with Gasteiger partial charge in [-0.1, -0.05) is 12.1 Å². The summed E-state index contributed by atoms with van der Waals surface area (Å²) < 4.78 is 10.1. The van der Waals surface area contributed by atoms with Crippen LogP contribution in [0.3, 0.4) is 0 Å². The van der Waals surface area contributed by atoms with Crippen LogP contribution in [-0.4, -0.2) is 29.5 Å². The molecule has 0 aliphatic carbocycles. The third-order valence-corrected chi connectivity index (χ3v) is 2.62. The topological polar surface area (TPSA) is 55.8 Å². The Hall–Kier alpha value is -2.21. The van der Waals surface area contributed by atoms with Gasteiger partial charge in [0.15, 0.2) is 5.76 Å². The van der Waals surface area contributed by atoms with Gasteiger partial charge in [0.2, 0.25) is 6.41 Å². The standard InChI is InChI=1S/C12H9NO4S/c1-16-9-4-2-8(3-5-9)6-10-11(15)13(7-14)12(18)17-10/h2-7H,1H3/b10-6+. The maximum absolute atomic E-state index is 11.7. The van der Waals surface area contributed by atoms with Crippen LogP contribution in [-0.2, 0) is 14.3 Å². The highest BCUT2D eigenvalue weighted by atomic mass is 32.1. The molecule has 0 aromatic heterocycles. The first-order chi connectivity index (χ1) is 8.65. The predicted molar refractivity (Wildman–Crippen MR) is 67.6 cm³/mol. The maximum Gasteiger partial charge on any atom is 0.303 e. The molecule has 0 unspecified atom stereocenters. The Morgan fingerprint density at radius 1 is 1.33 bits per heavy atom. The van der Waals surface area contributed by atoms with Crippen molar-refractivity contribution < 1.29 is 19.1 Å². The number of rotatable bonds is 3. The molecular weight excluding hydrogens is 254 g/mol. The zero-order valence-corrected chi connectivity index (χ0v) is 10.3. The van der Waals surface area contributed by atoms with E-state index in [1.165, 1.54) is 6.08 Å². The fourth-order valence-corrected chi connectivity index (χ4v) is 1.64.